The lowest BCUT2D eigenvalue weighted by Gasteiger charge is -2.10. The summed E-state index contributed by atoms with van der Waals surface area (Å²) in [5.74, 6) is 0.371. The molecule has 0 aliphatic rings. The van der Waals surface area contributed by atoms with Gasteiger partial charge in [0.1, 0.15) is 12.4 Å². The Balaban J connectivity index is 2.05. The summed E-state index contributed by atoms with van der Waals surface area (Å²) in [7, 11) is 0. The van der Waals surface area contributed by atoms with Crippen molar-refractivity contribution in [3.8, 4) is 11.8 Å². The topological polar surface area (TPSA) is 33.0 Å². The predicted molar refractivity (Wildman–Crippen MR) is 71.9 cm³/mol. The van der Waals surface area contributed by atoms with Gasteiger partial charge >= 0.3 is 6.18 Å². The second-order valence-electron chi connectivity index (χ2n) is 4.24. The zero-order chi connectivity index (χ0) is 15.5. The molecule has 0 bridgehead atoms. The molecule has 6 heteroatoms. The molecule has 21 heavy (non-hydrogen) atoms. The Morgan fingerprint density at radius 2 is 1.76 bits per heavy atom. The summed E-state index contributed by atoms with van der Waals surface area (Å²) < 4.78 is 42.7. The largest absolute Gasteiger partial charge is 0.487 e. The summed E-state index contributed by atoms with van der Waals surface area (Å²) in [4.78, 5) is 0. The molecule has 0 heterocycles. The van der Waals surface area contributed by atoms with Gasteiger partial charge in [0.05, 0.1) is 22.2 Å². The summed E-state index contributed by atoms with van der Waals surface area (Å²) in [6.07, 6.45) is -4.35. The van der Waals surface area contributed by atoms with Crippen LogP contribution >= 0.6 is 11.6 Å². The Kier molecular flexibility index (Phi) is 4.39. The van der Waals surface area contributed by atoms with Gasteiger partial charge in [0.2, 0.25) is 0 Å². The maximum Gasteiger partial charge on any atom is 0.416 e. The summed E-state index contributed by atoms with van der Waals surface area (Å²) in [5.41, 5.74) is 0.285. The molecule has 0 unspecified atom stereocenters. The Labute approximate surface area is 124 Å². The summed E-state index contributed by atoms with van der Waals surface area (Å²) in [6, 6.07) is 11.2. The van der Waals surface area contributed by atoms with Gasteiger partial charge in [-0.2, -0.15) is 18.4 Å². The van der Waals surface area contributed by atoms with Crippen molar-refractivity contribution in [2.75, 3.05) is 0 Å². The number of halogens is 4. The maximum atomic E-state index is 12.4. The van der Waals surface area contributed by atoms with E-state index in [-0.39, 0.29) is 11.6 Å². The fraction of sp³-hybridized carbons (Fsp3) is 0.133. The number of rotatable bonds is 3. The molecule has 0 aliphatic carbocycles. The van der Waals surface area contributed by atoms with E-state index in [1.54, 1.807) is 12.1 Å². The number of benzene rings is 2. The van der Waals surface area contributed by atoms with Gasteiger partial charge in [-0.15, -0.1) is 0 Å². The van der Waals surface area contributed by atoms with Crippen LogP contribution in [0.25, 0.3) is 0 Å². The van der Waals surface area contributed by atoms with Crippen molar-refractivity contribution in [3.63, 3.8) is 0 Å². The van der Waals surface area contributed by atoms with E-state index in [0.29, 0.717) is 16.9 Å². The van der Waals surface area contributed by atoms with Crippen LogP contribution in [0, 0.1) is 11.3 Å². The van der Waals surface area contributed by atoms with Gasteiger partial charge in [-0.1, -0.05) is 23.7 Å². The lowest BCUT2D eigenvalue weighted by Crippen LogP contribution is -2.05. The molecule has 0 atom stereocenters. The van der Waals surface area contributed by atoms with Crippen molar-refractivity contribution in [1.29, 1.82) is 5.26 Å². The maximum absolute atomic E-state index is 12.4. The molecule has 0 saturated heterocycles. The third-order valence-corrected chi connectivity index (χ3v) is 3.03. The van der Waals surface area contributed by atoms with E-state index < -0.39 is 11.7 Å². The Bertz CT molecular complexity index is 675. The quantitative estimate of drug-likeness (QED) is 0.815. The number of nitriles is 1. The van der Waals surface area contributed by atoms with Crippen LogP contribution in [0.1, 0.15) is 16.7 Å². The molecule has 2 nitrogen and oxygen atoms in total. The van der Waals surface area contributed by atoms with Crippen molar-refractivity contribution in [2.45, 2.75) is 12.8 Å². The highest BCUT2D eigenvalue weighted by Gasteiger charge is 2.29. The van der Waals surface area contributed by atoms with Gasteiger partial charge in [-0.05, 0) is 35.9 Å². The van der Waals surface area contributed by atoms with Gasteiger partial charge in [0, 0.05) is 0 Å². The number of hydrogen-bond donors (Lipinski definition) is 0. The predicted octanol–water partition coefficient (Wildman–Crippen LogP) is 4.81. The van der Waals surface area contributed by atoms with E-state index in [9.17, 15) is 13.2 Å². The average Bonchev–Trinajstić information content (AvgIpc) is 2.45. The molecule has 2 aromatic rings. The first-order valence-corrected chi connectivity index (χ1v) is 6.26. The zero-order valence-corrected chi connectivity index (χ0v) is 11.4. The molecule has 0 N–H and O–H groups in total. The van der Waals surface area contributed by atoms with E-state index in [0.717, 1.165) is 12.1 Å². The number of ether oxygens (including phenoxy) is 1. The smallest absolute Gasteiger partial charge is 0.416 e. The van der Waals surface area contributed by atoms with Crippen LogP contribution in [0.3, 0.4) is 0 Å². The van der Waals surface area contributed by atoms with Crippen LogP contribution in [-0.4, -0.2) is 0 Å². The van der Waals surface area contributed by atoms with Crippen LogP contribution in [-0.2, 0) is 12.8 Å². The van der Waals surface area contributed by atoms with Gasteiger partial charge in [0.15, 0.2) is 0 Å². The summed E-state index contributed by atoms with van der Waals surface area (Å²) >= 11 is 5.93. The van der Waals surface area contributed by atoms with Gasteiger partial charge in [0.25, 0.3) is 0 Å². The third-order valence-electron chi connectivity index (χ3n) is 2.74. The molecule has 0 spiro atoms. The van der Waals surface area contributed by atoms with E-state index in [4.69, 9.17) is 21.6 Å². The Morgan fingerprint density at radius 1 is 1.10 bits per heavy atom. The Morgan fingerprint density at radius 3 is 2.29 bits per heavy atom. The first-order valence-electron chi connectivity index (χ1n) is 5.89. The van der Waals surface area contributed by atoms with Crippen LogP contribution in [0.4, 0.5) is 13.2 Å². The SMILES string of the molecule is N#Cc1ccc(OCc2ccc(C(F)(F)F)cc2)c(Cl)c1. The fourth-order valence-electron chi connectivity index (χ4n) is 1.64. The third kappa shape index (κ3) is 3.89. The lowest BCUT2D eigenvalue weighted by molar-refractivity contribution is -0.137. The van der Waals surface area contributed by atoms with Crippen LogP contribution in [0.2, 0.25) is 5.02 Å². The molecule has 0 amide bonds. The minimum absolute atomic E-state index is 0.0871. The minimum Gasteiger partial charge on any atom is -0.487 e. The van der Waals surface area contributed by atoms with Crippen LogP contribution in [0.5, 0.6) is 5.75 Å². The van der Waals surface area contributed by atoms with E-state index in [1.807, 2.05) is 6.07 Å². The minimum atomic E-state index is -4.35. The summed E-state index contributed by atoms with van der Waals surface area (Å²) in [5, 5.41) is 8.99. The zero-order valence-electron chi connectivity index (χ0n) is 10.6. The molecule has 2 rings (SSSR count). The first-order chi connectivity index (χ1) is 9.90. The fourth-order valence-corrected chi connectivity index (χ4v) is 1.87. The standard InChI is InChI=1S/C15H9ClF3NO/c16-13-7-11(8-20)3-6-14(13)21-9-10-1-4-12(5-2-10)15(17,18)19/h1-7H,9H2. The van der Waals surface area contributed by atoms with E-state index in [1.165, 1.54) is 18.2 Å². The lowest BCUT2D eigenvalue weighted by atomic mass is 10.1. The highest BCUT2D eigenvalue weighted by Crippen LogP contribution is 2.30. The van der Waals surface area contributed by atoms with Crippen LogP contribution in [0.15, 0.2) is 42.5 Å². The van der Waals surface area contributed by atoms with E-state index >= 15 is 0 Å². The molecule has 0 radical (unpaired) electrons. The average molecular weight is 312 g/mol. The summed E-state index contributed by atoms with van der Waals surface area (Å²) in [6.45, 7) is 0.0871. The second kappa shape index (κ2) is 6.06. The molecular formula is C15H9ClF3NO. The first kappa shape index (κ1) is 15.2. The second-order valence-corrected chi connectivity index (χ2v) is 4.65. The van der Waals surface area contributed by atoms with Crippen molar-refractivity contribution >= 4 is 11.6 Å². The number of nitrogens with zero attached hydrogens (tertiary/aromatic N) is 1. The van der Waals surface area contributed by atoms with Gasteiger partial charge in [-0.3, -0.25) is 0 Å². The monoisotopic (exact) mass is 311 g/mol. The van der Waals surface area contributed by atoms with Crippen molar-refractivity contribution < 1.29 is 17.9 Å². The van der Waals surface area contributed by atoms with Crippen molar-refractivity contribution in [1.82, 2.24) is 0 Å². The molecular weight excluding hydrogens is 303 g/mol. The Hall–Kier alpha value is -2.19. The normalized spacial score (nSPS) is 11.0. The number of hydrogen-bond acceptors (Lipinski definition) is 2. The van der Waals surface area contributed by atoms with Crippen molar-refractivity contribution in [3.05, 3.63) is 64.2 Å². The molecule has 0 aromatic heterocycles. The van der Waals surface area contributed by atoms with Crippen molar-refractivity contribution in [2.24, 2.45) is 0 Å². The molecule has 0 aliphatic heterocycles. The number of alkyl halides is 3. The van der Waals surface area contributed by atoms with Crippen LogP contribution < -0.4 is 4.74 Å². The highest BCUT2D eigenvalue weighted by atomic mass is 35.5. The van der Waals surface area contributed by atoms with E-state index in [2.05, 4.69) is 0 Å². The molecule has 108 valence electrons. The molecule has 0 fully saturated rings. The molecule has 0 saturated carbocycles. The van der Waals surface area contributed by atoms with Gasteiger partial charge < -0.3 is 4.74 Å². The molecule has 2 aromatic carbocycles. The highest BCUT2D eigenvalue weighted by molar-refractivity contribution is 6.32. The van der Waals surface area contributed by atoms with Gasteiger partial charge in [-0.25, -0.2) is 0 Å².